The third kappa shape index (κ3) is 3.41. The van der Waals surface area contributed by atoms with Gasteiger partial charge in [0.15, 0.2) is 0 Å². The van der Waals surface area contributed by atoms with Crippen molar-refractivity contribution in [2.45, 2.75) is 32.7 Å². The van der Waals surface area contributed by atoms with Gasteiger partial charge in [-0.05, 0) is 43.5 Å². The lowest BCUT2D eigenvalue weighted by molar-refractivity contribution is 0.652. The Morgan fingerprint density at radius 2 is 1.94 bits per heavy atom. The van der Waals surface area contributed by atoms with Gasteiger partial charge in [-0.1, -0.05) is 29.8 Å². The number of hydrogen-bond acceptors (Lipinski definition) is 2. The van der Waals surface area contributed by atoms with Gasteiger partial charge in [-0.2, -0.15) is 0 Å². The van der Waals surface area contributed by atoms with E-state index in [4.69, 9.17) is 5.73 Å². The molecule has 0 aliphatic rings. The van der Waals surface area contributed by atoms with Crippen LogP contribution in [-0.4, -0.2) is 11.0 Å². The Balaban J connectivity index is 2.03. The molecule has 0 saturated carbocycles. The Labute approximate surface area is 109 Å². The van der Waals surface area contributed by atoms with E-state index >= 15 is 0 Å². The number of nitrogens with two attached hydrogens (primary N) is 1. The van der Waals surface area contributed by atoms with E-state index in [1.807, 2.05) is 24.4 Å². The van der Waals surface area contributed by atoms with Crippen molar-refractivity contribution >= 4 is 0 Å². The molecular weight excluding hydrogens is 220 g/mol. The average Bonchev–Trinajstić information content (AvgIpc) is 2.35. The normalized spacial score (nSPS) is 12.4. The second kappa shape index (κ2) is 5.78. The molecule has 2 N–H and O–H groups in total. The van der Waals surface area contributed by atoms with E-state index in [2.05, 4.69) is 37.0 Å². The number of nitrogens with zero attached hydrogens (tertiary/aromatic N) is 1. The van der Waals surface area contributed by atoms with Crippen molar-refractivity contribution in [3.05, 3.63) is 65.0 Å². The van der Waals surface area contributed by atoms with Crippen LogP contribution in [0.25, 0.3) is 0 Å². The van der Waals surface area contributed by atoms with Gasteiger partial charge in [0.2, 0.25) is 0 Å². The Kier molecular flexibility index (Phi) is 4.11. The number of pyridine rings is 1. The van der Waals surface area contributed by atoms with Gasteiger partial charge >= 0.3 is 0 Å². The van der Waals surface area contributed by atoms with Crippen LogP contribution >= 0.6 is 0 Å². The predicted molar refractivity (Wildman–Crippen MR) is 75.5 cm³/mol. The Hall–Kier alpha value is -1.67. The smallest absolute Gasteiger partial charge is 0.0419 e. The summed E-state index contributed by atoms with van der Waals surface area (Å²) in [7, 11) is 0. The zero-order chi connectivity index (χ0) is 13.0. The summed E-state index contributed by atoms with van der Waals surface area (Å²) < 4.78 is 0. The Morgan fingerprint density at radius 3 is 2.67 bits per heavy atom. The fourth-order valence-electron chi connectivity index (χ4n) is 2.16. The molecule has 1 unspecified atom stereocenters. The summed E-state index contributed by atoms with van der Waals surface area (Å²) in [6.45, 7) is 4.26. The lowest BCUT2D eigenvalue weighted by Gasteiger charge is -2.13. The minimum Gasteiger partial charge on any atom is -0.327 e. The third-order valence-electron chi connectivity index (χ3n) is 3.18. The van der Waals surface area contributed by atoms with Crippen LogP contribution in [0.2, 0.25) is 0 Å². The molecule has 0 spiro atoms. The van der Waals surface area contributed by atoms with Crippen LogP contribution in [0.4, 0.5) is 0 Å². The Morgan fingerprint density at radius 1 is 1.11 bits per heavy atom. The molecule has 1 heterocycles. The van der Waals surface area contributed by atoms with Gasteiger partial charge in [0.1, 0.15) is 0 Å². The van der Waals surface area contributed by atoms with E-state index in [9.17, 15) is 0 Å². The molecule has 0 aliphatic heterocycles. The van der Waals surface area contributed by atoms with Crippen molar-refractivity contribution in [1.82, 2.24) is 4.98 Å². The van der Waals surface area contributed by atoms with Crippen LogP contribution in [0, 0.1) is 13.8 Å². The van der Waals surface area contributed by atoms with Gasteiger partial charge in [-0.25, -0.2) is 0 Å². The van der Waals surface area contributed by atoms with Crippen molar-refractivity contribution in [3.8, 4) is 0 Å². The van der Waals surface area contributed by atoms with Crippen LogP contribution < -0.4 is 5.73 Å². The minimum absolute atomic E-state index is 0.125. The summed E-state index contributed by atoms with van der Waals surface area (Å²) in [5.41, 5.74) is 11.2. The third-order valence-corrected chi connectivity index (χ3v) is 3.18. The first kappa shape index (κ1) is 12.8. The molecule has 0 aliphatic carbocycles. The van der Waals surface area contributed by atoms with Crippen LogP contribution in [0.15, 0.2) is 42.6 Å². The summed E-state index contributed by atoms with van der Waals surface area (Å²) in [6, 6.07) is 12.6. The quantitative estimate of drug-likeness (QED) is 0.892. The average molecular weight is 240 g/mol. The lowest BCUT2D eigenvalue weighted by Crippen LogP contribution is -2.26. The molecule has 0 radical (unpaired) electrons. The summed E-state index contributed by atoms with van der Waals surface area (Å²) >= 11 is 0. The van der Waals surface area contributed by atoms with Gasteiger partial charge in [0, 0.05) is 24.4 Å². The first-order valence-electron chi connectivity index (χ1n) is 6.37. The minimum atomic E-state index is 0.125. The SMILES string of the molecule is Cc1ccc(C)c(CC(N)Cc2ccccn2)c1. The summed E-state index contributed by atoms with van der Waals surface area (Å²) in [5.74, 6) is 0. The molecule has 0 fully saturated rings. The van der Waals surface area contributed by atoms with E-state index < -0.39 is 0 Å². The zero-order valence-corrected chi connectivity index (χ0v) is 11.1. The monoisotopic (exact) mass is 240 g/mol. The standard InChI is InChI=1S/C16H20N2/c1-12-6-7-13(2)14(9-12)10-15(17)11-16-5-3-4-8-18-16/h3-9,15H,10-11,17H2,1-2H3. The maximum absolute atomic E-state index is 6.22. The highest BCUT2D eigenvalue weighted by atomic mass is 14.7. The van der Waals surface area contributed by atoms with Gasteiger partial charge in [-0.3, -0.25) is 4.98 Å². The zero-order valence-electron chi connectivity index (χ0n) is 11.1. The number of benzene rings is 1. The number of rotatable bonds is 4. The maximum Gasteiger partial charge on any atom is 0.0419 e. The second-order valence-corrected chi connectivity index (χ2v) is 4.92. The summed E-state index contributed by atoms with van der Waals surface area (Å²) in [5, 5.41) is 0. The van der Waals surface area contributed by atoms with Crippen LogP contribution in [0.3, 0.4) is 0 Å². The van der Waals surface area contributed by atoms with E-state index in [-0.39, 0.29) is 6.04 Å². The molecule has 18 heavy (non-hydrogen) atoms. The van der Waals surface area contributed by atoms with Gasteiger partial charge < -0.3 is 5.73 Å². The number of aromatic nitrogens is 1. The van der Waals surface area contributed by atoms with Crippen molar-refractivity contribution in [2.75, 3.05) is 0 Å². The molecule has 1 atom stereocenters. The maximum atomic E-state index is 6.22. The molecule has 94 valence electrons. The molecule has 1 aromatic carbocycles. The van der Waals surface area contributed by atoms with E-state index in [0.717, 1.165) is 18.5 Å². The fourth-order valence-corrected chi connectivity index (χ4v) is 2.16. The predicted octanol–water partition coefficient (Wildman–Crippen LogP) is 2.81. The van der Waals surface area contributed by atoms with Crippen molar-refractivity contribution in [1.29, 1.82) is 0 Å². The Bertz CT molecular complexity index is 506. The number of aryl methyl sites for hydroxylation is 2. The first-order chi connectivity index (χ1) is 8.65. The largest absolute Gasteiger partial charge is 0.327 e. The molecule has 0 amide bonds. The molecule has 2 aromatic rings. The van der Waals surface area contributed by atoms with Gasteiger partial charge in [-0.15, -0.1) is 0 Å². The summed E-state index contributed by atoms with van der Waals surface area (Å²) in [4.78, 5) is 4.32. The molecule has 2 rings (SSSR count). The highest BCUT2D eigenvalue weighted by molar-refractivity contribution is 5.31. The molecule has 0 saturated heterocycles. The van der Waals surface area contributed by atoms with Gasteiger partial charge in [0.05, 0.1) is 0 Å². The van der Waals surface area contributed by atoms with Crippen molar-refractivity contribution in [3.63, 3.8) is 0 Å². The van der Waals surface area contributed by atoms with E-state index in [0.29, 0.717) is 0 Å². The molecule has 1 aromatic heterocycles. The molecular formula is C16H20N2. The van der Waals surface area contributed by atoms with Gasteiger partial charge in [0.25, 0.3) is 0 Å². The highest BCUT2D eigenvalue weighted by Gasteiger charge is 2.08. The molecule has 2 heteroatoms. The topological polar surface area (TPSA) is 38.9 Å². The fraction of sp³-hybridized carbons (Fsp3) is 0.312. The van der Waals surface area contributed by atoms with Crippen LogP contribution in [0.5, 0.6) is 0 Å². The molecule has 2 nitrogen and oxygen atoms in total. The van der Waals surface area contributed by atoms with E-state index in [1.165, 1.54) is 16.7 Å². The van der Waals surface area contributed by atoms with E-state index in [1.54, 1.807) is 0 Å². The second-order valence-electron chi connectivity index (χ2n) is 4.92. The molecule has 0 bridgehead atoms. The first-order valence-corrected chi connectivity index (χ1v) is 6.37. The van der Waals surface area contributed by atoms with Crippen LogP contribution in [-0.2, 0) is 12.8 Å². The summed E-state index contributed by atoms with van der Waals surface area (Å²) in [6.07, 6.45) is 3.55. The lowest BCUT2D eigenvalue weighted by atomic mass is 9.97. The van der Waals surface area contributed by atoms with Crippen LogP contribution in [0.1, 0.15) is 22.4 Å². The van der Waals surface area contributed by atoms with Crippen molar-refractivity contribution in [2.24, 2.45) is 5.73 Å². The number of hydrogen-bond donors (Lipinski definition) is 1. The van der Waals surface area contributed by atoms with Crippen molar-refractivity contribution < 1.29 is 0 Å². The highest BCUT2D eigenvalue weighted by Crippen LogP contribution is 2.13.